The summed E-state index contributed by atoms with van der Waals surface area (Å²) in [5.74, 6) is -0.341. The molecule has 172 valence electrons. The van der Waals surface area contributed by atoms with E-state index >= 15 is 0 Å². The van der Waals surface area contributed by atoms with Gasteiger partial charge >= 0.3 is 0 Å². The van der Waals surface area contributed by atoms with Crippen molar-refractivity contribution in [3.8, 4) is 0 Å². The molecule has 5 atom stereocenters. The van der Waals surface area contributed by atoms with E-state index in [4.69, 9.17) is 28.5 Å². The first-order valence-corrected chi connectivity index (χ1v) is 10.9. The Labute approximate surface area is 176 Å². The Bertz CT molecular complexity index is 437. The van der Waals surface area contributed by atoms with Crippen LogP contribution in [0, 0.1) is 0 Å². The van der Waals surface area contributed by atoms with Crippen LogP contribution < -0.4 is 0 Å². The van der Waals surface area contributed by atoms with Gasteiger partial charge in [0.15, 0.2) is 12.4 Å². The number of likely N-dealkylation sites (N-methyl/N-ethyl adjacent to an activating group) is 1. The fraction of sp³-hybridized carbons (Fsp3) is 0.952. The summed E-state index contributed by atoms with van der Waals surface area (Å²) < 4.78 is 30.0. The monoisotopic (exact) mass is 419 g/mol. The summed E-state index contributed by atoms with van der Waals surface area (Å²) in [5.41, 5.74) is 0. The molecule has 1 rings (SSSR count). The number of carbonyl (C=O) groups excluding carboxylic acids is 1. The van der Waals surface area contributed by atoms with Gasteiger partial charge < -0.3 is 23.7 Å². The van der Waals surface area contributed by atoms with Crippen molar-refractivity contribution < 1.29 is 33.3 Å². The van der Waals surface area contributed by atoms with Gasteiger partial charge in [-0.15, -0.1) is 0 Å². The summed E-state index contributed by atoms with van der Waals surface area (Å²) in [4.78, 5) is 18.0. The molecule has 8 nitrogen and oxygen atoms in total. The Morgan fingerprint density at radius 1 is 0.828 bits per heavy atom. The fourth-order valence-corrected chi connectivity index (χ4v) is 3.11. The Kier molecular flexibility index (Phi) is 13.7. The number of hydrogen-bond acceptors (Lipinski definition) is 7. The standard InChI is InChI=1S/C21H41NO7/c1-7-10-13-26-16-17(27-14-11-8-2)19(28-15-12-9-3)21(24-5)29-18(16)20(23)22(4)25-6/h16-19,21H,7-15H2,1-6H3/t16-,17-,18-,19+,21-/m0/s1. The Balaban J connectivity index is 3.13. The lowest BCUT2D eigenvalue weighted by Gasteiger charge is -2.45. The zero-order chi connectivity index (χ0) is 21.6. The lowest BCUT2D eigenvalue weighted by atomic mass is 9.97. The Morgan fingerprint density at radius 3 is 1.76 bits per heavy atom. The molecule has 1 amide bonds. The summed E-state index contributed by atoms with van der Waals surface area (Å²) in [6, 6.07) is 0. The molecule has 8 heteroatoms. The molecular weight excluding hydrogens is 378 g/mol. The van der Waals surface area contributed by atoms with E-state index in [0.717, 1.165) is 43.6 Å². The summed E-state index contributed by atoms with van der Waals surface area (Å²) in [7, 11) is 4.53. The lowest BCUT2D eigenvalue weighted by molar-refractivity contribution is -0.311. The third-order valence-corrected chi connectivity index (χ3v) is 4.98. The van der Waals surface area contributed by atoms with Gasteiger partial charge in [-0.05, 0) is 19.3 Å². The summed E-state index contributed by atoms with van der Waals surface area (Å²) >= 11 is 0. The molecule has 0 N–H and O–H groups in total. The summed E-state index contributed by atoms with van der Waals surface area (Å²) in [5, 5.41) is 1.15. The highest BCUT2D eigenvalue weighted by Crippen LogP contribution is 2.30. The van der Waals surface area contributed by atoms with Crippen molar-refractivity contribution >= 4 is 5.91 Å². The highest BCUT2D eigenvalue weighted by Gasteiger charge is 2.51. The average Bonchev–Trinajstić information content (AvgIpc) is 2.74. The number of carbonyl (C=O) groups is 1. The molecule has 0 spiro atoms. The molecule has 1 aliphatic rings. The van der Waals surface area contributed by atoms with Crippen molar-refractivity contribution in [3.05, 3.63) is 0 Å². The van der Waals surface area contributed by atoms with E-state index in [0.29, 0.717) is 19.8 Å². The van der Waals surface area contributed by atoms with Gasteiger partial charge in [0.05, 0.1) is 7.11 Å². The first-order chi connectivity index (χ1) is 14.0. The van der Waals surface area contributed by atoms with Crippen molar-refractivity contribution in [2.24, 2.45) is 0 Å². The molecule has 1 saturated heterocycles. The van der Waals surface area contributed by atoms with E-state index in [1.807, 2.05) is 0 Å². The molecule has 1 heterocycles. The maximum atomic E-state index is 12.9. The van der Waals surface area contributed by atoms with Crippen LogP contribution in [0.5, 0.6) is 0 Å². The van der Waals surface area contributed by atoms with Crippen LogP contribution in [-0.4, -0.2) is 82.8 Å². The van der Waals surface area contributed by atoms with Crippen LogP contribution in [0.3, 0.4) is 0 Å². The van der Waals surface area contributed by atoms with Crippen molar-refractivity contribution in [1.82, 2.24) is 5.06 Å². The SMILES string of the molecule is CCCCO[C@@H]1[C@@H](OCCCC)[C@@H](OC)O[C@H](C(=O)N(C)OC)[C@H]1OCCCC. The van der Waals surface area contributed by atoms with Gasteiger partial charge in [-0.3, -0.25) is 9.63 Å². The number of rotatable bonds is 15. The molecular formula is C21H41NO7. The third-order valence-electron chi connectivity index (χ3n) is 4.98. The van der Waals surface area contributed by atoms with Crippen molar-refractivity contribution in [1.29, 1.82) is 0 Å². The smallest absolute Gasteiger partial charge is 0.277 e. The van der Waals surface area contributed by atoms with Crippen LogP contribution in [0.1, 0.15) is 59.3 Å². The third kappa shape index (κ3) is 8.11. The minimum atomic E-state index is -0.903. The summed E-state index contributed by atoms with van der Waals surface area (Å²) in [6.45, 7) is 7.94. The molecule has 29 heavy (non-hydrogen) atoms. The van der Waals surface area contributed by atoms with Gasteiger partial charge in [0, 0.05) is 34.0 Å². The molecule has 0 aromatic heterocycles. The van der Waals surface area contributed by atoms with Crippen molar-refractivity contribution in [3.63, 3.8) is 0 Å². The normalized spacial score (nSPS) is 27.2. The van der Waals surface area contributed by atoms with E-state index in [2.05, 4.69) is 20.8 Å². The number of ether oxygens (including phenoxy) is 5. The first-order valence-electron chi connectivity index (χ1n) is 10.9. The number of methoxy groups -OCH3 is 1. The maximum absolute atomic E-state index is 12.9. The average molecular weight is 420 g/mol. The van der Waals surface area contributed by atoms with Crippen molar-refractivity contribution in [2.75, 3.05) is 41.1 Å². The van der Waals surface area contributed by atoms with Crippen LogP contribution in [0.4, 0.5) is 0 Å². The number of hydroxylamine groups is 2. The largest absolute Gasteiger partial charge is 0.372 e. The van der Waals surface area contributed by atoms with E-state index in [1.165, 1.54) is 7.11 Å². The summed E-state index contributed by atoms with van der Waals surface area (Å²) in [6.07, 6.45) is 2.53. The fourth-order valence-electron chi connectivity index (χ4n) is 3.11. The predicted molar refractivity (Wildman–Crippen MR) is 109 cm³/mol. The van der Waals surface area contributed by atoms with E-state index in [-0.39, 0.29) is 5.91 Å². The molecule has 1 fully saturated rings. The molecule has 0 aromatic carbocycles. The quantitative estimate of drug-likeness (QED) is 0.298. The molecule has 0 bridgehead atoms. The molecule has 0 saturated carbocycles. The van der Waals surface area contributed by atoms with Crippen LogP contribution in [0.25, 0.3) is 0 Å². The lowest BCUT2D eigenvalue weighted by Crippen LogP contribution is -2.64. The number of nitrogens with zero attached hydrogens (tertiary/aromatic N) is 1. The predicted octanol–water partition coefficient (Wildman–Crippen LogP) is 2.93. The second kappa shape index (κ2) is 15.1. The van der Waals surface area contributed by atoms with Crippen LogP contribution >= 0.6 is 0 Å². The second-order valence-electron chi connectivity index (χ2n) is 7.25. The molecule has 0 radical (unpaired) electrons. The minimum absolute atomic E-state index is 0.341. The topological polar surface area (TPSA) is 75.7 Å². The molecule has 1 aliphatic heterocycles. The van der Waals surface area contributed by atoms with Gasteiger partial charge in [-0.1, -0.05) is 40.0 Å². The minimum Gasteiger partial charge on any atom is -0.372 e. The molecule has 0 unspecified atom stereocenters. The second-order valence-corrected chi connectivity index (χ2v) is 7.25. The van der Waals surface area contributed by atoms with Gasteiger partial charge in [0.2, 0.25) is 0 Å². The number of hydrogen-bond donors (Lipinski definition) is 0. The van der Waals surface area contributed by atoms with E-state index in [1.54, 1.807) is 14.2 Å². The zero-order valence-corrected chi connectivity index (χ0v) is 19.1. The highest BCUT2D eigenvalue weighted by molar-refractivity contribution is 5.80. The van der Waals surface area contributed by atoms with E-state index < -0.39 is 30.7 Å². The molecule has 0 aliphatic carbocycles. The Morgan fingerprint density at radius 2 is 1.31 bits per heavy atom. The number of unbranched alkanes of at least 4 members (excludes halogenated alkanes) is 3. The van der Waals surface area contributed by atoms with Gasteiger partial charge in [0.25, 0.3) is 5.91 Å². The zero-order valence-electron chi connectivity index (χ0n) is 19.1. The number of amides is 1. The highest BCUT2D eigenvalue weighted by atomic mass is 16.7. The van der Waals surface area contributed by atoms with Gasteiger partial charge in [0.1, 0.15) is 18.3 Å². The van der Waals surface area contributed by atoms with Crippen LogP contribution in [0.15, 0.2) is 0 Å². The van der Waals surface area contributed by atoms with Gasteiger partial charge in [-0.2, -0.15) is 0 Å². The van der Waals surface area contributed by atoms with Crippen molar-refractivity contribution in [2.45, 2.75) is 90.0 Å². The van der Waals surface area contributed by atoms with Crippen LogP contribution in [-0.2, 0) is 33.3 Å². The maximum Gasteiger partial charge on any atom is 0.277 e. The van der Waals surface area contributed by atoms with E-state index in [9.17, 15) is 4.79 Å². The van der Waals surface area contributed by atoms with Crippen LogP contribution in [0.2, 0.25) is 0 Å². The Hall–Kier alpha value is -0.770. The first kappa shape index (κ1) is 26.3. The molecule has 0 aromatic rings. The van der Waals surface area contributed by atoms with Gasteiger partial charge in [-0.25, -0.2) is 5.06 Å².